The zero-order chi connectivity index (χ0) is 14.5. The van der Waals surface area contributed by atoms with Gasteiger partial charge in [-0.1, -0.05) is 6.07 Å². The van der Waals surface area contributed by atoms with Crippen molar-refractivity contribution in [2.24, 2.45) is 11.7 Å². The predicted octanol–water partition coefficient (Wildman–Crippen LogP) is 3.58. The molecule has 0 spiro atoms. The van der Waals surface area contributed by atoms with Crippen molar-refractivity contribution in [2.45, 2.75) is 50.6 Å². The van der Waals surface area contributed by atoms with Gasteiger partial charge in [0.1, 0.15) is 0 Å². The number of fused-ring (bicyclic) bond motifs is 2. The van der Waals surface area contributed by atoms with E-state index in [4.69, 9.17) is 10.5 Å². The first-order valence-corrected chi connectivity index (χ1v) is 6.95. The molecule has 0 radical (unpaired) electrons. The van der Waals surface area contributed by atoms with Gasteiger partial charge in [0.2, 0.25) is 0 Å². The Hall–Kier alpha value is -1.07. The molecule has 0 amide bonds. The molecule has 2 nitrogen and oxygen atoms in total. The number of alkyl halides is 3. The van der Waals surface area contributed by atoms with Crippen molar-refractivity contribution in [1.29, 1.82) is 0 Å². The van der Waals surface area contributed by atoms with Crippen LogP contribution in [0.2, 0.25) is 0 Å². The van der Waals surface area contributed by atoms with Crippen LogP contribution in [0, 0.1) is 12.8 Å². The van der Waals surface area contributed by atoms with Crippen LogP contribution >= 0.6 is 0 Å². The summed E-state index contributed by atoms with van der Waals surface area (Å²) in [4.78, 5) is 0. The van der Waals surface area contributed by atoms with Crippen molar-refractivity contribution in [3.63, 3.8) is 0 Å². The molecule has 110 valence electrons. The van der Waals surface area contributed by atoms with Gasteiger partial charge in [-0.05, 0) is 49.4 Å². The van der Waals surface area contributed by atoms with Crippen LogP contribution in [0.1, 0.15) is 42.0 Å². The molecule has 2 aliphatic rings. The summed E-state index contributed by atoms with van der Waals surface area (Å²) < 4.78 is 43.8. The van der Waals surface area contributed by atoms with Crippen molar-refractivity contribution in [1.82, 2.24) is 0 Å². The van der Waals surface area contributed by atoms with E-state index in [1.54, 1.807) is 6.92 Å². The standard InChI is InChI=1S/C15H18F3NO/c1-8-6-9(15(16,17)18)2-4-11(8)14(19)12-7-10-3-5-13(12)20-10/h2,4,6,10,12-14H,3,5,7,19H2,1H3. The van der Waals surface area contributed by atoms with E-state index in [1.165, 1.54) is 12.1 Å². The lowest BCUT2D eigenvalue weighted by Gasteiger charge is -2.27. The van der Waals surface area contributed by atoms with Crippen molar-refractivity contribution in [2.75, 3.05) is 0 Å². The van der Waals surface area contributed by atoms with Crippen molar-refractivity contribution in [3.8, 4) is 0 Å². The molecule has 1 aromatic carbocycles. The third kappa shape index (κ3) is 2.33. The Kier molecular flexibility index (Phi) is 3.29. The minimum atomic E-state index is -4.30. The van der Waals surface area contributed by atoms with Gasteiger partial charge in [-0.3, -0.25) is 0 Å². The highest BCUT2D eigenvalue weighted by molar-refractivity contribution is 5.35. The second-order valence-corrected chi connectivity index (χ2v) is 5.87. The zero-order valence-corrected chi connectivity index (χ0v) is 11.3. The molecule has 20 heavy (non-hydrogen) atoms. The van der Waals surface area contributed by atoms with Gasteiger partial charge in [-0.25, -0.2) is 0 Å². The number of rotatable bonds is 2. The van der Waals surface area contributed by atoms with Crippen LogP contribution in [-0.4, -0.2) is 12.2 Å². The van der Waals surface area contributed by atoms with Crippen LogP contribution in [0.3, 0.4) is 0 Å². The SMILES string of the molecule is Cc1cc(C(F)(F)F)ccc1C(N)C1CC2CCC1O2. The first kappa shape index (κ1) is 13.9. The van der Waals surface area contributed by atoms with E-state index >= 15 is 0 Å². The van der Waals surface area contributed by atoms with E-state index in [0.29, 0.717) is 11.7 Å². The Morgan fingerprint density at radius 2 is 2.05 bits per heavy atom. The molecular weight excluding hydrogens is 267 g/mol. The van der Waals surface area contributed by atoms with Crippen LogP contribution in [0.4, 0.5) is 13.2 Å². The highest BCUT2D eigenvalue weighted by Gasteiger charge is 2.44. The average Bonchev–Trinajstić information content (AvgIpc) is 2.99. The molecule has 1 aromatic rings. The largest absolute Gasteiger partial charge is 0.416 e. The first-order valence-electron chi connectivity index (χ1n) is 6.95. The highest BCUT2D eigenvalue weighted by Crippen LogP contribution is 2.44. The molecule has 2 bridgehead atoms. The van der Waals surface area contributed by atoms with Crippen LogP contribution in [0.25, 0.3) is 0 Å². The molecular formula is C15H18F3NO. The fourth-order valence-corrected chi connectivity index (χ4v) is 3.51. The number of halogens is 3. The second kappa shape index (κ2) is 4.74. The van der Waals surface area contributed by atoms with Crippen LogP contribution in [0.5, 0.6) is 0 Å². The van der Waals surface area contributed by atoms with Crippen molar-refractivity contribution < 1.29 is 17.9 Å². The molecule has 2 fully saturated rings. The number of hydrogen-bond donors (Lipinski definition) is 1. The third-order valence-corrected chi connectivity index (χ3v) is 4.57. The van der Waals surface area contributed by atoms with Gasteiger partial charge >= 0.3 is 6.18 Å². The summed E-state index contributed by atoms with van der Waals surface area (Å²) in [5.41, 5.74) is 7.08. The molecule has 2 saturated heterocycles. The van der Waals surface area contributed by atoms with Crippen LogP contribution in [0.15, 0.2) is 18.2 Å². The summed E-state index contributed by atoms with van der Waals surface area (Å²) in [6.07, 6.45) is -0.805. The monoisotopic (exact) mass is 285 g/mol. The molecule has 0 saturated carbocycles. The highest BCUT2D eigenvalue weighted by atomic mass is 19.4. The van der Waals surface area contributed by atoms with Gasteiger partial charge in [0, 0.05) is 12.0 Å². The zero-order valence-electron chi connectivity index (χ0n) is 11.3. The minimum Gasteiger partial charge on any atom is -0.375 e. The Morgan fingerprint density at radius 1 is 1.30 bits per heavy atom. The normalized spacial score (nSPS) is 30.8. The maximum absolute atomic E-state index is 12.7. The topological polar surface area (TPSA) is 35.2 Å². The third-order valence-electron chi connectivity index (χ3n) is 4.57. The lowest BCUT2D eigenvalue weighted by molar-refractivity contribution is -0.137. The van der Waals surface area contributed by atoms with Gasteiger partial charge in [0.05, 0.1) is 17.8 Å². The summed E-state index contributed by atoms with van der Waals surface area (Å²) in [5.74, 6) is 0.226. The van der Waals surface area contributed by atoms with Gasteiger partial charge in [0.25, 0.3) is 0 Å². The molecule has 4 atom stereocenters. The Morgan fingerprint density at radius 3 is 2.55 bits per heavy atom. The molecule has 4 unspecified atom stereocenters. The summed E-state index contributed by atoms with van der Waals surface area (Å²) in [7, 11) is 0. The van der Waals surface area contributed by atoms with Crippen molar-refractivity contribution in [3.05, 3.63) is 34.9 Å². The predicted molar refractivity (Wildman–Crippen MR) is 69.1 cm³/mol. The summed E-state index contributed by atoms with van der Waals surface area (Å²) in [5, 5.41) is 0. The maximum Gasteiger partial charge on any atom is 0.416 e. The Balaban J connectivity index is 1.83. The lowest BCUT2D eigenvalue weighted by atomic mass is 9.80. The summed E-state index contributed by atoms with van der Waals surface area (Å²) in [6, 6.07) is 3.58. The van der Waals surface area contributed by atoms with E-state index in [0.717, 1.165) is 30.9 Å². The van der Waals surface area contributed by atoms with Gasteiger partial charge in [-0.15, -0.1) is 0 Å². The Labute approximate surface area is 116 Å². The number of hydrogen-bond acceptors (Lipinski definition) is 2. The van der Waals surface area contributed by atoms with Gasteiger partial charge < -0.3 is 10.5 Å². The minimum absolute atomic E-state index is 0.177. The summed E-state index contributed by atoms with van der Waals surface area (Å²) >= 11 is 0. The number of ether oxygens (including phenoxy) is 1. The van der Waals surface area contributed by atoms with E-state index in [1.807, 2.05) is 0 Å². The van der Waals surface area contributed by atoms with E-state index in [9.17, 15) is 13.2 Å². The quantitative estimate of drug-likeness (QED) is 0.901. The van der Waals surface area contributed by atoms with Crippen LogP contribution < -0.4 is 5.73 Å². The van der Waals surface area contributed by atoms with Crippen molar-refractivity contribution >= 4 is 0 Å². The van der Waals surface area contributed by atoms with E-state index < -0.39 is 11.7 Å². The molecule has 2 heterocycles. The molecule has 0 aliphatic carbocycles. The first-order chi connectivity index (χ1) is 9.36. The average molecular weight is 285 g/mol. The molecule has 2 aliphatic heterocycles. The molecule has 0 aromatic heterocycles. The summed E-state index contributed by atoms with van der Waals surface area (Å²) in [6.45, 7) is 1.69. The molecule has 2 N–H and O–H groups in total. The van der Waals surface area contributed by atoms with E-state index in [-0.39, 0.29) is 18.1 Å². The lowest BCUT2D eigenvalue weighted by Crippen LogP contribution is -2.30. The molecule has 3 rings (SSSR count). The van der Waals surface area contributed by atoms with E-state index in [2.05, 4.69) is 0 Å². The number of aryl methyl sites for hydroxylation is 1. The van der Waals surface area contributed by atoms with Crippen LogP contribution in [-0.2, 0) is 10.9 Å². The fourth-order valence-electron chi connectivity index (χ4n) is 3.51. The number of nitrogens with two attached hydrogens (primary N) is 1. The Bertz CT molecular complexity index is 514. The molecule has 5 heteroatoms. The smallest absolute Gasteiger partial charge is 0.375 e. The second-order valence-electron chi connectivity index (χ2n) is 5.87. The fraction of sp³-hybridized carbons (Fsp3) is 0.600. The maximum atomic E-state index is 12.7. The van der Waals surface area contributed by atoms with Gasteiger partial charge in [-0.2, -0.15) is 13.2 Å². The van der Waals surface area contributed by atoms with Gasteiger partial charge in [0.15, 0.2) is 0 Å². The number of benzene rings is 1.